The summed E-state index contributed by atoms with van der Waals surface area (Å²) in [6.07, 6.45) is 3.33. The van der Waals surface area contributed by atoms with Crippen LogP contribution in [0.1, 0.15) is 45.1 Å². The first-order valence-corrected chi connectivity index (χ1v) is 8.84. The highest BCUT2D eigenvalue weighted by Gasteiger charge is 2.15. The molecule has 0 saturated carbocycles. The van der Waals surface area contributed by atoms with E-state index in [2.05, 4.69) is 29.3 Å². The van der Waals surface area contributed by atoms with Crippen LogP contribution in [0.3, 0.4) is 0 Å². The number of amides is 2. The van der Waals surface area contributed by atoms with Gasteiger partial charge in [-0.1, -0.05) is 26.0 Å². The maximum absolute atomic E-state index is 11.9. The number of likely N-dealkylation sites (tertiary alicyclic amines) is 1. The molecule has 132 valence electrons. The van der Waals surface area contributed by atoms with E-state index in [9.17, 15) is 9.59 Å². The molecule has 0 radical (unpaired) electrons. The molecule has 2 rings (SSSR count). The van der Waals surface area contributed by atoms with Crippen LogP contribution in [0.15, 0.2) is 24.3 Å². The van der Waals surface area contributed by atoms with Gasteiger partial charge in [0.2, 0.25) is 11.8 Å². The summed E-state index contributed by atoms with van der Waals surface area (Å²) in [5.41, 5.74) is 7.26. The molecule has 3 N–H and O–H groups in total. The van der Waals surface area contributed by atoms with E-state index < -0.39 is 0 Å². The van der Waals surface area contributed by atoms with Crippen LogP contribution < -0.4 is 11.1 Å². The van der Waals surface area contributed by atoms with Crippen LogP contribution in [0.25, 0.3) is 0 Å². The van der Waals surface area contributed by atoms with Crippen LogP contribution in [0.5, 0.6) is 0 Å². The molecule has 24 heavy (non-hydrogen) atoms. The minimum Gasteiger partial charge on any atom is -0.369 e. The fourth-order valence-corrected chi connectivity index (χ4v) is 2.89. The van der Waals surface area contributed by atoms with Gasteiger partial charge in [-0.25, -0.2) is 0 Å². The van der Waals surface area contributed by atoms with Gasteiger partial charge in [0.1, 0.15) is 0 Å². The van der Waals surface area contributed by atoms with Gasteiger partial charge in [0.25, 0.3) is 0 Å². The zero-order chi connectivity index (χ0) is 17.5. The van der Waals surface area contributed by atoms with Gasteiger partial charge in [0.15, 0.2) is 0 Å². The Morgan fingerprint density at radius 1 is 1.25 bits per heavy atom. The zero-order valence-corrected chi connectivity index (χ0v) is 14.8. The summed E-state index contributed by atoms with van der Waals surface area (Å²) in [6.45, 7) is 7.36. The lowest BCUT2D eigenvalue weighted by atomic mass is 9.99. The minimum atomic E-state index is -0.362. The molecule has 1 aliphatic heterocycles. The summed E-state index contributed by atoms with van der Waals surface area (Å²) >= 11 is 0. The fourth-order valence-electron chi connectivity index (χ4n) is 2.89. The Balaban J connectivity index is 1.77. The van der Waals surface area contributed by atoms with E-state index in [0.717, 1.165) is 31.2 Å². The molecular formula is C19H29N3O2. The maximum atomic E-state index is 11.9. The molecular weight excluding hydrogens is 302 g/mol. The summed E-state index contributed by atoms with van der Waals surface area (Å²) in [7, 11) is 0. The van der Waals surface area contributed by atoms with Crippen molar-refractivity contribution in [1.82, 2.24) is 4.90 Å². The molecule has 1 aromatic rings. The van der Waals surface area contributed by atoms with E-state index in [4.69, 9.17) is 5.73 Å². The van der Waals surface area contributed by atoms with Gasteiger partial charge in [-0.3, -0.25) is 14.5 Å². The molecule has 1 atom stereocenters. The van der Waals surface area contributed by atoms with E-state index in [0.29, 0.717) is 12.8 Å². The predicted octanol–water partition coefficient (Wildman–Crippen LogP) is 2.76. The predicted molar refractivity (Wildman–Crippen MR) is 96.3 cm³/mol. The van der Waals surface area contributed by atoms with Crippen molar-refractivity contribution >= 4 is 17.5 Å². The smallest absolute Gasteiger partial charge is 0.224 e. The molecule has 0 bridgehead atoms. The van der Waals surface area contributed by atoms with Crippen LogP contribution in [0, 0.1) is 11.8 Å². The fraction of sp³-hybridized carbons (Fsp3) is 0.579. The summed E-state index contributed by atoms with van der Waals surface area (Å²) in [6, 6.07) is 8.02. The number of hydrogen-bond donors (Lipinski definition) is 2. The quantitative estimate of drug-likeness (QED) is 0.806. The first-order chi connectivity index (χ1) is 11.4. The van der Waals surface area contributed by atoms with Gasteiger partial charge in [0.05, 0.1) is 0 Å². The van der Waals surface area contributed by atoms with Crippen LogP contribution in [0.2, 0.25) is 0 Å². The number of benzene rings is 1. The highest BCUT2D eigenvalue weighted by atomic mass is 16.2. The SMILES string of the molecule is CC1CCN(Cc2ccc(NC(=O)CC[C@H](C)C(N)=O)cc2)CC1. The van der Waals surface area contributed by atoms with Gasteiger partial charge in [0, 0.05) is 24.6 Å². The Hall–Kier alpha value is -1.88. The third-order valence-electron chi connectivity index (χ3n) is 4.81. The van der Waals surface area contributed by atoms with Gasteiger partial charge in [-0.05, 0) is 56.0 Å². The van der Waals surface area contributed by atoms with Crippen molar-refractivity contribution in [2.75, 3.05) is 18.4 Å². The normalized spacial score (nSPS) is 17.4. The third-order valence-corrected chi connectivity index (χ3v) is 4.81. The summed E-state index contributed by atoms with van der Waals surface area (Å²) in [5, 5.41) is 2.87. The van der Waals surface area contributed by atoms with Crippen molar-refractivity contribution < 1.29 is 9.59 Å². The molecule has 1 heterocycles. The van der Waals surface area contributed by atoms with E-state index in [-0.39, 0.29) is 17.7 Å². The van der Waals surface area contributed by atoms with Gasteiger partial charge in [-0.2, -0.15) is 0 Å². The molecule has 1 aromatic carbocycles. The van der Waals surface area contributed by atoms with E-state index in [1.165, 1.54) is 18.4 Å². The number of carbonyl (C=O) groups excluding carboxylic acids is 2. The van der Waals surface area contributed by atoms with E-state index in [1.807, 2.05) is 12.1 Å². The van der Waals surface area contributed by atoms with Gasteiger partial charge < -0.3 is 11.1 Å². The summed E-state index contributed by atoms with van der Waals surface area (Å²) in [4.78, 5) is 25.4. The Bertz CT molecular complexity index is 548. The number of carbonyl (C=O) groups is 2. The number of rotatable bonds is 7. The largest absolute Gasteiger partial charge is 0.369 e. The second-order valence-electron chi connectivity index (χ2n) is 7.05. The monoisotopic (exact) mass is 331 g/mol. The molecule has 1 saturated heterocycles. The Morgan fingerprint density at radius 3 is 2.46 bits per heavy atom. The Morgan fingerprint density at radius 2 is 1.88 bits per heavy atom. The lowest BCUT2D eigenvalue weighted by molar-refractivity contribution is -0.121. The zero-order valence-electron chi connectivity index (χ0n) is 14.8. The molecule has 0 unspecified atom stereocenters. The molecule has 1 aliphatic rings. The first-order valence-electron chi connectivity index (χ1n) is 8.84. The van der Waals surface area contributed by atoms with Crippen molar-refractivity contribution in [2.24, 2.45) is 17.6 Å². The lowest BCUT2D eigenvalue weighted by Crippen LogP contribution is -2.32. The van der Waals surface area contributed by atoms with Gasteiger partial charge >= 0.3 is 0 Å². The number of piperidine rings is 1. The lowest BCUT2D eigenvalue weighted by Gasteiger charge is -2.30. The molecule has 5 nitrogen and oxygen atoms in total. The molecule has 0 spiro atoms. The second kappa shape index (κ2) is 8.83. The van der Waals surface area contributed by atoms with Crippen LogP contribution in [-0.4, -0.2) is 29.8 Å². The average Bonchev–Trinajstić information content (AvgIpc) is 2.56. The number of nitrogens with two attached hydrogens (primary N) is 1. The van der Waals surface area contributed by atoms with E-state index in [1.54, 1.807) is 6.92 Å². The number of anilines is 1. The highest BCUT2D eigenvalue weighted by Crippen LogP contribution is 2.19. The number of hydrogen-bond acceptors (Lipinski definition) is 3. The molecule has 0 aromatic heterocycles. The number of nitrogens with one attached hydrogen (secondary N) is 1. The third kappa shape index (κ3) is 5.96. The van der Waals surface area contributed by atoms with Crippen molar-refractivity contribution in [2.45, 2.75) is 46.1 Å². The second-order valence-corrected chi connectivity index (χ2v) is 7.05. The number of primary amides is 1. The topological polar surface area (TPSA) is 75.4 Å². The molecule has 2 amide bonds. The van der Waals surface area contributed by atoms with Crippen LogP contribution in [0.4, 0.5) is 5.69 Å². The van der Waals surface area contributed by atoms with Crippen molar-refractivity contribution in [3.8, 4) is 0 Å². The van der Waals surface area contributed by atoms with Crippen LogP contribution in [-0.2, 0) is 16.1 Å². The Kier molecular flexibility index (Phi) is 6.79. The summed E-state index contributed by atoms with van der Waals surface area (Å²) < 4.78 is 0. The number of nitrogens with zero attached hydrogens (tertiary/aromatic N) is 1. The standard InChI is InChI=1S/C19H29N3O2/c1-14-9-11-22(12-10-14)13-16-4-6-17(7-5-16)21-18(23)8-3-15(2)19(20)24/h4-7,14-15H,3,8-13H2,1-2H3,(H2,20,24)(H,21,23)/t15-/m0/s1. The van der Waals surface area contributed by atoms with E-state index >= 15 is 0 Å². The molecule has 1 fully saturated rings. The molecule has 5 heteroatoms. The molecule has 0 aliphatic carbocycles. The maximum Gasteiger partial charge on any atom is 0.224 e. The first kappa shape index (κ1) is 18.5. The highest BCUT2D eigenvalue weighted by molar-refractivity contribution is 5.91. The average molecular weight is 331 g/mol. The minimum absolute atomic E-state index is 0.0825. The van der Waals surface area contributed by atoms with Gasteiger partial charge in [-0.15, -0.1) is 0 Å². The Labute approximate surface area is 144 Å². The van der Waals surface area contributed by atoms with Crippen molar-refractivity contribution in [3.63, 3.8) is 0 Å². The summed E-state index contributed by atoms with van der Waals surface area (Å²) in [5.74, 6) is 0.127. The van der Waals surface area contributed by atoms with Crippen molar-refractivity contribution in [1.29, 1.82) is 0 Å². The van der Waals surface area contributed by atoms with Crippen LogP contribution >= 0.6 is 0 Å². The van der Waals surface area contributed by atoms with Crippen molar-refractivity contribution in [3.05, 3.63) is 29.8 Å².